The molecule has 4 nitrogen and oxygen atoms in total. The van der Waals surface area contributed by atoms with Crippen molar-refractivity contribution in [3.05, 3.63) is 27.1 Å². The van der Waals surface area contributed by atoms with E-state index in [4.69, 9.17) is 0 Å². The van der Waals surface area contributed by atoms with Crippen molar-refractivity contribution in [2.45, 2.75) is 38.8 Å². The first-order chi connectivity index (χ1) is 9.45. The lowest BCUT2D eigenvalue weighted by atomic mass is 10.0. The number of piperazine rings is 1. The highest BCUT2D eigenvalue weighted by molar-refractivity contribution is 9.11. The molecule has 0 aliphatic carbocycles. The van der Waals surface area contributed by atoms with E-state index in [1.165, 1.54) is 0 Å². The molecule has 1 heterocycles. The zero-order valence-corrected chi connectivity index (χ0v) is 14.5. The van der Waals surface area contributed by atoms with Gasteiger partial charge in [0.05, 0.1) is 5.69 Å². The van der Waals surface area contributed by atoms with Crippen LogP contribution < -0.4 is 10.2 Å². The first-order valence-corrected chi connectivity index (χ1v) is 8.12. The molecule has 2 atom stereocenters. The van der Waals surface area contributed by atoms with E-state index < -0.39 is 12.1 Å². The molecule has 1 aromatic carbocycles. The predicted molar refractivity (Wildman–Crippen MR) is 85.6 cm³/mol. The fourth-order valence-electron chi connectivity index (χ4n) is 2.31. The van der Waals surface area contributed by atoms with E-state index in [0.717, 1.165) is 15.4 Å². The average molecular weight is 404 g/mol. The monoisotopic (exact) mass is 402 g/mol. The molecule has 6 heteroatoms. The summed E-state index contributed by atoms with van der Waals surface area (Å²) < 4.78 is 1.67. The van der Waals surface area contributed by atoms with Gasteiger partial charge in [0.25, 0.3) is 0 Å². The molecular formula is C14H16Br2N2O2. The van der Waals surface area contributed by atoms with E-state index >= 15 is 0 Å². The summed E-state index contributed by atoms with van der Waals surface area (Å²) in [7, 11) is 0. The minimum Gasteiger partial charge on any atom is -0.342 e. The van der Waals surface area contributed by atoms with Gasteiger partial charge in [-0.2, -0.15) is 0 Å². The largest absolute Gasteiger partial charge is 0.342 e. The third-order valence-corrected chi connectivity index (χ3v) is 4.53. The van der Waals surface area contributed by atoms with Crippen LogP contribution in [0.1, 0.15) is 26.7 Å². The van der Waals surface area contributed by atoms with E-state index in [0.29, 0.717) is 12.1 Å². The highest BCUT2D eigenvalue weighted by atomic mass is 79.9. The van der Waals surface area contributed by atoms with Gasteiger partial charge >= 0.3 is 0 Å². The molecule has 2 amide bonds. The van der Waals surface area contributed by atoms with Gasteiger partial charge in [0, 0.05) is 8.95 Å². The summed E-state index contributed by atoms with van der Waals surface area (Å²) in [5.74, 6) is -0.173. The van der Waals surface area contributed by atoms with Gasteiger partial charge in [-0.25, -0.2) is 0 Å². The van der Waals surface area contributed by atoms with Crippen molar-refractivity contribution in [1.82, 2.24) is 5.32 Å². The molecule has 1 fully saturated rings. The molecule has 0 bridgehead atoms. The molecule has 0 saturated carbocycles. The smallest absolute Gasteiger partial charge is 0.250 e. The van der Waals surface area contributed by atoms with Crippen molar-refractivity contribution in [3.63, 3.8) is 0 Å². The molecule has 0 spiro atoms. The molecule has 2 rings (SSSR count). The van der Waals surface area contributed by atoms with Gasteiger partial charge in [0.15, 0.2) is 0 Å². The Labute approximate surface area is 135 Å². The highest BCUT2D eigenvalue weighted by Crippen LogP contribution is 2.32. The predicted octanol–water partition coefficient (Wildman–Crippen LogP) is 3.23. The van der Waals surface area contributed by atoms with Crippen molar-refractivity contribution in [3.8, 4) is 0 Å². The zero-order chi connectivity index (χ0) is 14.9. The highest BCUT2D eigenvalue weighted by Gasteiger charge is 2.39. The molecular weight excluding hydrogens is 388 g/mol. The minimum atomic E-state index is -0.513. The lowest BCUT2D eigenvalue weighted by molar-refractivity contribution is -0.133. The molecule has 1 aromatic rings. The third-order valence-electron chi connectivity index (χ3n) is 3.36. The fourth-order valence-corrected chi connectivity index (χ4v) is 3.10. The van der Waals surface area contributed by atoms with Crippen molar-refractivity contribution in [2.24, 2.45) is 0 Å². The van der Waals surface area contributed by atoms with E-state index in [2.05, 4.69) is 37.2 Å². The third kappa shape index (κ3) is 2.91. The van der Waals surface area contributed by atoms with Gasteiger partial charge in [-0.15, -0.1) is 0 Å². The van der Waals surface area contributed by atoms with Gasteiger partial charge < -0.3 is 5.32 Å². The molecule has 0 aromatic heterocycles. The summed E-state index contributed by atoms with van der Waals surface area (Å²) in [5.41, 5.74) is 0.716. The van der Waals surface area contributed by atoms with Crippen molar-refractivity contribution >= 4 is 49.4 Å². The van der Waals surface area contributed by atoms with E-state index in [-0.39, 0.29) is 11.8 Å². The van der Waals surface area contributed by atoms with Gasteiger partial charge in [0.1, 0.15) is 12.1 Å². The number of rotatable bonds is 3. The van der Waals surface area contributed by atoms with Crippen molar-refractivity contribution in [2.75, 3.05) is 4.90 Å². The summed E-state index contributed by atoms with van der Waals surface area (Å²) in [4.78, 5) is 26.3. The Morgan fingerprint density at radius 3 is 2.65 bits per heavy atom. The van der Waals surface area contributed by atoms with Gasteiger partial charge in [-0.1, -0.05) is 29.3 Å². The Balaban J connectivity index is 2.43. The number of carbonyl (C=O) groups excluding carboxylic acids is 2. The SMILES string of the molecule is CCCC1NC(=O)C(C)N(c2cc(Br)ccc2Br)C1=O. The van der Waals surface area contributed by atoms with Crippen LogP contribution in [0.15, 0.2) is 27.1 Å². The molecule has 108 valence electrons. The first-order valence-electron chi connectivity index (χ1n) is 6.54. The fraction of sp³-hybridized carbons (Fsp3) is 0.429. The van der Waals surface area contributed by atoms with Crippen LogP contribution in [0.25, 0.3) is 0 Å². The minimum absolute atomic E-state index is 0.0576. The van der Waals surface area contributed by atoms with Crippen LogP contribution in [-0.4, -0.2) is 23.9 Å². The summed E-state index contributed by atoms with van der Waals surface area (Å²) in [6.07, 6.45) is 1.50. The Morgan fingerprint density at radius 1 is 1.30 bits per heavy atom. The molecule has 1 aliphatic rings. The molecule has 20 heavy (non-hydrogen) atoms. The second kappa shape index (κ2) is 6.26. The summed E-state index contributed by atoms with van der Waals surface area (Å²) >= 11 is 6.86. The van der Waals surface area contributed by atoms with Crippen LogP contribution in [0.3, 0.4) is 0 Å². The number of hydrogen-bond donors (Lipinski definition) is 1. The Bertz CT molecular complexity index is 548. The maximum atomic E-state index is 12.6. The number of anilines is 1. The van der Waals surface area contributed by atoms with Crippen LogP contribution in [0.2, 0.25) is 0 Å². The topological polar surface area (TPSA) is 49.4 Å². The number of halogens is 2. The number of hydrogen-bond acceptors (Lipinski definition) is 2. The Morgan fingerprint density at radius 2 is 2.00 bits per heavy atom. The normalized spacial score (nSPS) is 22.9. The lowest BCUT2D eigenvalue weighted by Crippen LogP contribution is -2.62. The first kappa shape index (κ1) is 15.5. The quantitative estimate of drug-likeness (QED) is 0.842. The van der Waals surface area contributed by atoms with Crippen LogP contribution in [0, 0.1) is 0 Å². The molecule has 1 aliphatic heterocycles. The number of nitrogens with one attached hydrogen (secondary N) is 1. The molecule has 0 radical (unpaired) electrons. The Kier molecular flexibility index (Phi) is 4.86. The van der Waals surface area contributed by atoms with Crippen LogP contribution in [0.4, 0.5) is 5.69 Å². The van der Waals surface area contributed by atoms with Crippen LogP contribution in [0.5, 0.6) is 0 Å². The van der Waals surface area contributed by atoms with Crippen molar-refractivity contribution in [1.29, 1.82) is 0 Å². The Hall–Kier alpha value is -0.880. The number of amides is 2. The maximum Gasteiger partial charge on any atom is 0.250 e. The van der Waals surface area contributed by atoms with Crippen molar-refractivity contribution < 1.29 is 9.59 Å². The molecule has 1 saturated heterocycles. The van der Waals surface area contributed by atoms with Gasteiger partial charge in [-0.3, -0.25) is 14.5 Å². The second-order valence-corrected chi connectivity index (χ2v) is 6.60. The summed E-state index contributed by atoms with van der Waals surface area (Å²) in [5, 5.41) is 2.79. The summed E-state index contributed by atoms with van der Waals surface area (Å²) in [6.45, 7) is 3.74. The number of benzene rings is 1. The molecule has 2 unspecified atom stereocenters. The lowest BCUT2D eigenvalue weighted by Gasteiger charge is -2.37. The van der Waals surface area contributed by atoms with E-state index in [1.807, 2.05) is 25.1 Å². The molecule has 1 N–H and O–H groups in total. The van der Waals surface area contributed by atoms with E-state index in [1.54, 1.807) is 11.8 Å². The number of carbonyl (C=O) groups is 2. The average Bonchev–Trinajstić information content (AvgIpc) is 2.40. The van der Waals surface area contributed by atoms with Crippen LogP contribution in [-0.2, 0) is 9.59 Å². The summed E-state index contributed by atoms with van der Waals surface area (Å²) in [6, 6.07) is 4.65. The number of nitrogens with zero attached hydrogens (tertiary/aromatic N) is 1. The van der Waals surface area contributed by atoms with E-state index in [9.17, 15) is 9.59 Å². The zero-order valence-electron chi connectivity index (χ0n) is 11.3. The van der Waals surface area contributed by atoms with Crippen LogP contribution >= 0.6 is 31.9 Å². The van der Waals surface area contributed by atoms with Gasteiger partial charge in [-0.05, 0) is 47.5 Å². The maximum absolute atomic E-state index is 12.6. The standard InChI is InChI=1S/C14H16Br2N2O2/c1-3-4-11-14(20)18(8(2)13(19)17-11)12-7-9(15)5-6-10(12)16/h5-8,11H,3-4H2,1-2H3,(H,17,19). The second-order valence-electron chi connectivity index (χ2n) is 4.83. The van der Waals surface area contributed by atoms with Gasteiger partial charge in [0.2, 0.25) is 11.8 Å².